The van der Waals surface area contributed by atoms with E-state index in [2.05, 4.69) is 15.9 Å². The molecular weight excluding hydrogens is 248 g/mol. The Labute approximate surface area is 90.7 Å². The van der Waals surface area contributed by atoms with Crippen molar-refractivity contribution in [3.05, 3.63) is 22.2 Å². The largest absolute Gasteiger partial charge is 0.505 e. The first-order chi connectivity index (χ1) is 6.45. The third kappa shape index (κ3) is 2.00. The Morgan fingerprint density at radius 2 is 2.00 bits per heavy atom. The SMILES string of the molecule is CC(O)[C@H](N)c1c(Br)ccc(N)c1O. The molecule has 0 fully saturated rings. The normalized spacial score (nSPS) is 15.1. The highest BCUT2D eigenvalue weighted by Crippen LogP contribution is 2.36. The summed E-state index contributed by atoms with van der Waals surface area (Å²) in [6, 6.07) is 2.59. The van der Waals surface area contributed by atoms with Gasteiger partial charge < -0.3 is 21.7 Å². The molecule has 78 valence electrons. The van der Waals surface area contributed by atoms with Crippen molar-refractivity contribution in [2.24, 2.45) is 5.73 Å². The van der Waals surface area contributed by atoms with Crippen LogP contribution in [0.2, 0.25) is 0 Å². The fraction of sp³-hybridized carbons (Fsp3) is 0.333. The molecule has 1 rings (SSSR count). The van der Waals surface area contributed by atoms with Crippen LogP contribution in [0.1, 0.15) is 18.5 Å². The number of rotatable bonds is 2. The van der Waals surface area contributed by atoms with Gasteiger partial charge in [-0.1, -0.05) is 15.9 Å². The zero-order chi connectivity index (χ0) is 10.9. The van der Waals surface area contributed by atoms with E-state index in [0.29, 0.717) is 10.0 Å². The third-order valence-corrected chi connectivity index (χ3v) is 2.74. The zero-order valence-corrected chi connectivity index (χ0v) is 9.32. The van der Waals surface area contributed by atoms with Gasteiger partial charge in [0.05, 0.1) is 17.8 Å². The van der Waals surface area contributed by atoms with Gasteiger partial charge in [0.1, 0.15) is 5.75 Å². The van der Waals surface area contributed by atoms with Crippen molar-refractivity contribution >= 4 is 21.6 Å². The van der Waals surface area contributed by atoms with E-state index in [0.717, 1.165) is 0 Å². The first-order valence-electron chi connectivity index (χ1n) is 4.15. The summed E-state index contributed by atoms with van der Waals surface area (Å²) >= 11 is 3.24. The summed E-state index contributed by atoms with van der Waals surface area (Å²) in [5.74, 6) is -0.0761. The second-order valence-electron chi connectivity index (χ2n) is 3.17. The van der Waals surface area contributed by atoms with E-state index < -0.39 is 12.1 Å². The van der Waals surface area contributed by atoms with Crippen LogP contribution in [0.25, 0.3) is 0 Å². The van der Waals surface area contributed by atoms with Crippen molar-refractivity contribution in [3.8, 4) is 5.75 Å². The number of benzene rings is 1. The highest BCUT2D eigenvalue weighted by atomic mass is 79.9. The minimum absolute atomic E-state index is 0.0761. The molecule has 1 aromatic carbocycles. The van der Waals surface area contributed by atoms with Crippen LogP contribution in [-0.2, 0) is 0 Å². The molecule has 0 spiro atoms. The van der Waals surface area contributed by atoms with Crippen molar-refractivity contribution in [1.82, 2.24) is 0 Å². The molecule has 0 aromatic heterocycles. The molecule has 0 aliphatic rings. The molecule has 0 radical (unpaired) electrons. The first-order valence-corrected chi connectivity index (χ1v) is 4.95. The summed E-state index contributed by atoms with van der Waals surface area (Å²) in [4.78, 5) is 0. The molecule has 5 heteroatoms. The maximum atomic E-state index is 9.65. The number of nitrogens with two attached hydrogens (primary N) is 2. The molecule has 0 amide bonds. The van der Waals surface area contributed by atoms with Gasteiger partial charge in [0, 0.05) is 10.0 Å². The van der Waals surface area contributed by atoms with Crippen molar-refractivity contribution in [3.63, 3.8) is 0 Å². The number of aromatic hydroxyl groups is 1. The van der Waals surface area contributed by atoms with Gasteiger partial charge in [0.2, 0.25) is 0 Å². The minimum atomic E-state index is -0.751. The first kappa shape index (κ1) is 11.3. The highest BCUT2D eigenvalue weighted by molar-refractivity contribution is 9.10. The van der Waals surface area contributed by atoms with Crippen LogP contribution in [-0.4, -0.2) is 16.3 Å². The van der Waals surface area contributed by atoms with Crippen LogP contribution in [0, 0.1) is 0 Å². The van der Waals surface area contributed by atoms with Crippen LogP contribution in [0.15, 0.2) is 16.6 Å². The van der Waals surface area contributed by atoms with E-state index in [1.807, 2.05) is 0 Å². The van der Waals surface area contributed by atoms with E-state index in [1.54, 1.807) is 19.1 Å². The summed E-state index contributed by atoms with van der Waals surface area (Å²) in [6.45, 7) is 1.56. The van der Waals surface area contributed by atoms with Crippen molar-refractivity contribution < 1.29 is 10.2 Å². The second-order valence-corrected chi connectivity index (χ2v) is 4.02. The number of hydrogen-bond donors (Lipinski definition) is 4. The minimum Gasteiger partial charge on any atom is -0.505 e. The second kappa shape index (κ2) is 4.16. The van der Waals surface area contributed by atoms with Crippen LogP contribution < -0.4 is 11.5 Å². The van der Waals surface area contributed by atoms with Crippen LogP contribution in [0.4, 0.5) is 5.69 Å². The van der Waals surface area contributed by atoms with Crippen LogP contribution in [0.3, 0.4) is 0 Å². The molecule has 1 aromatic rings. The molecule has 14 heavy (non-hydrogen) atoms. The Kier molecular flexibility index (Phi) is 3.36. The lowest BCUT2D eigenvalue weighted by atomic mass is 10.0. The van der Waals surface area contributed by atoms with Crippen LogP contribution in [0.5, 0.6) is 5.75 Å². The third-order valence-electron chi connectivity index (χ3n) is 2.05. The Bertz CT molecular complexity index is 342. The molecular formula is C9H13BrN2O2. The number of aliphatic hydroxyl groups excluding tert-OH is 1. The summed E-state index contributed by atoms with van der Waals surface area (Å²) in [5, 5.41) is 19.0. The van der Waals surface area contributed by atoms with E-state index in [4.69, 9.17) is 11.5 Å². The smallest absolute Gasteiger partial charge is 0.144 e. The summed E-state index contributed by atoms with van der Waals surface area (Å²) in [6.07, 6.45) is -0.751. The summed E-state index contributed by atoms with van der Waals surface area (Å²) in [5.41, 5.74) is 11.9. The number of phenols is 1. The fourth-order valence-corrected chi connectivity index (χ4v) is 1.74. The van der Waals surface area contributed by atoms with Gasteiger partial charge in [-0.15, -0.1) is 0 Å². The number of hydrogen-bond acceptors (Lipinski definition) is 4. The van der Waals surface area contributed by atoms with Crippen molar-refractivity contribution in [1.29, 1.82) is 0 Å². The Balaban J connectivity index is 3.25. The van der Waals surface area contributed by atoms with E-state index in [9.17, 15) is 10.2 Å². The topological polar surface area (TPSA) is 92.5 Å². The molecule has 0 bridgehead atoms. The molecule has 6 N–H and O–H groups in total. The lowest BCUT2D eigenvalue weighted by molar-refractivity contribution is 0.162. The maximum Gasteiger partial charge on any atom is 0.144 e. The Hall–Kier alpha value is -0.780. The zero-order valence-electron chi connectivity index (χ0n) is 7.74. The Morgan fingerprint density at radius 3 is 2.50 bits per heavy atom. The molecule has 0 saturated heterocycles. The lowest BCUT2D eigenvalue weighted by Gasteiger charge is -2.18. The van der Waals surface area contributed by atoms with Gasteiger partial charge in [0.25, 0.3) is 0 Å². The average molecular weight is 261 g/mol. The number of nitrogen functional groups attached to an aromatic ring is 1. The molecule has 0 aliphatic carbocycles. The monoisotopic (exact) mass is 260 g/mol. The predicted molar refractivity (Wildman–Crippen MR) is 58.8 cm³/mol. The molecule has 0 saturated carbocycles. The molecule has 0 heterocycles. The maximum absolute atomic E-state index is 9.65. The number of phenolic OH excluding ortho intramolecular Hbond substituents is 1. The quantitative estimate of drug-likeness (QED) is 0.474. The van der Waals surface area contributed by atoms with Gasteiger partial charge in [-0.05, 0) is 19.1 Å². The average Bonchev–Trinajstić information content (AvgIpc) is 2.12. The molecule has 1 unspecified atom stereocenters. The summed E-state index contributed by atoms with van der Waals surface area (Å²) in [7, 11) is 0. The molecule has 4 nitrogen and oxygen atoms in total. The van der Waals surface area contributed by atoms with Gasteiger partial charge in [-0.2, -0.15) is 0 Å². The van der Waals surface area contributed by atoms with E-state index in [1.165, 1.54) is 0 Å². The van der Waals surface area contributed by atoms with Crippen molar-refractivity contribution in [2.45, 2.75) is 19.1 Å². The van der Waals surface area contributed by atoms with E-state index in [-0.39, 0.29) is 11.4 Å². The summed E-state index contributed by atoms with van der Waals surface area (Å²) < 4.78 is 0.637. The number of halogens is 1. The Morgan fingerprint density at radius 1 is 1.43 bits per heavy atom. The highest BCUT2D eigenvalue weighted by Gasteiger charge is 2.20. The van der Waals surface area contributed by atoms with Gasteiger partial charge in [-0.25, -0.2) is 0 Å². The molecule has 0 aliphatic heterocycles. The van der Waals surface area contributed by atoms with E-state index >= 15 is 0 Å². The molecule has 2 atom stereocenters. The predicted octanol–water partition coefficient (Wildman–Crippen LogP) is 1.12. The van der Waals surface area contributed by atoms with Crippen molar-refractivity contribution in [2.75, 3.05) is 5.73 Å². The van der Waals surface area contributed by atoms with Gasteiger partial charge >= 0.3 is 0 Å². The fourth-order valence-electron chi connectivity index (χ4n) is 1.16. The standard InChI is InChI=1S/C9H13BrN2O2/c1-4(13)8(12)7-5(10)2-3-6(11)9(7)14/h2-4,8,13-14H,11-12H2,1H3/t4?,8-/m0/s1. The lowest BCUT2D eigenvalue weighted by Crippen LogP contribution is -2.23. The van der Waals surface area contributed by atoms with Gasteiger partial charge in [-0.3, -0.25) is 0 Å². The van der Waals surface area contributed by atoms with Crippen LogP contribution >= 0.6 is 15.9 Å². The number of aliphatic hydroxyl groups is 1. The number of anilines is 1. The van der Waals surface area contributed by atoms with Gasteiger partial charge in [0.15, 0.2) is 0 Å².